The zero-order valence-electron chi connectivity index (χ0n) is 17.1. The van der Waals surface area contributed by atoms with Crippen LogP contribution in [0, 0.1) is 6.07 Å². The minimum atomic E-state index is -5.42. The zero-order chi connectivity index (χ0) is 25.1. The summed E-state index contributed by atoms with van der Waals surface area (Å²) in [6, 6.07) is 19.5. The van der Waals surface area contributed by atoms with Crippen molar-refractivity contribution in [2.45, 2.75) is 12.4 Å². The fraction of sp³-hybridized carbons (Fsp3) is 0.0870. The Morgan fingerprint density at radius 1 is 0.943 bits per heavy atom. The Labute approximate surface area is 206 Å². The fourth-order valence-electron chi connectivity index (χ4n) is 2.76. The number of ketones is 1. The Morgan fingerprint density at radius 3 is 2.20 bits per heavy atom. The van der Waals surface area contributed by atoms with E-state index in [4.69, 9.17) is 9.52 Å². The average molecular weight is 673 g/mol. The van der Waals surface area contributed by atoms with Gasteiger partial charge < -0.3 is 14.5 Å². The molecule has 0 aliphatic rings. The van der Waals surface area contributed by atoms with Gasteiger partial charge in [-0.05, 0) is 29.3 Å². The van der Waals surface area contributed by atoms with Crippen LogP contribution in [-0.2, 0) is 24.9 Å². The summed E-state index contributed by atoms with van der Waals surface area (Å²) in [5.41, 5.74) is 2.52. The number of pyridine rings is 1. The molecule has 0 aliphatic heterocycles. The first-order chi connectivity index (χ1) is 15.9. The van der Waals surface area contributed by atoms with Crippen LogP contribution in [0.5, 0.6) is 0 Å². The van der Waals surface area contributed by atoms with Gasteiger partial charge in [-0.1, -0.05) is 29.8 Å². The maximum Gasteiger partial charge on any atom is 0.454 e. The van der Waals surface area contributed by atoms with Gasteiger partial charge in [-0.2, -0.15) is 26.3 Å². The van der Waals surface area contributed by atoms with E-state index in [1.54, 1.807) is 30.5 Å². The van der Waals surface area contributed by atoms with Crippen LogP contribution >= 0.6 is 0 Å². The van der Waals surface area contributed by atoms with Crippen molar-refractivity contribution in [1.29, 1.82) is 0 Å². The van der Waals surface area contributed by atoms with Gasteiger partial charge in [0.15, 0.2) is 5.43 Å². The number of aliphatic hydroxyl groups is 1. The van der Waals surface area contributed by atoms with Crippen molar-refractivity contribution >= 4 is 27.7 Å². The molecule has 0 aliphatic carbocycles. The van der Waals surface area contributed by atoms with Crippen molar-refractivity contribution in [2.75, 3.05) is 0 Å². The summed E-state index contributed by atoms with van der Waals surface area (Å²) in [5.74, 6) is -5.34. The van der Waals surface area contributed by atoms with Gasteiger partial charge in [0.05, 0.1) is 11.0 Å². The van der Waals surface area contributed by atoms with E-state index < -0.39 is 30.0 Å². The number of hydrogen-bond donors (Lipinski definition) is 1. The maximum atomic E-state index is 12.6. The molecule has 185 valence electrons. The van der Waals surface area contributed by atoms with Gasteiger partial charge in [0.1, 0.15) is 5.58 Å². The Hall–Kier alpha value is -3.50. The second-order valence-corrected chi connectivity index (χ2v) is 6.63. The van der Waals surface area contributed by atoms with Crippen LogP contribution in [0.3, 0.4) is 0 Å². The fourth-order valence-corrected chi connectivity index (χ4v) is 2.76. The maximum absolute atomic E-state index is 12.6. The number of carbonyl (C=O) groups excluding carboxylic acids is 1. The predicted molar refractivity (Wildman–Crippen MR) is 110 cm³/mol. The van der Waals surface area contributed by atoms with E-state index in [9.17, 15) is 35.9 Å². The van der Waals surface area contributed by atoms with E-state index in [0.29, 0.717) is 27.5 Å². The number of aliphatic hydroxyl groups excluding tert-OH is 1. The van der Waals surface area contributed by atoms with E-state index in [2.05, 4.69) is 11.1 Å². The van der Waals surface area contributed by atoms with Gasteiger partial charge in [-0.3, -0.25) is 9.59 Å². The van der Waals surface area contributed by atoms with Gasteiger partial charge in [-0.15, -0.1) is 18.2 Å². The minimum Gasteiger partial charge on any atom is -0.504 e. The molecular formula is C23H12F6IrNO4-. The summed E-state index contributed by atoms with van der Waals surface area (Å²) in [4.78, 5) is 26.8. The van der Waals surface area contributed by atoms with Crippen LogP contribution in [0.2, 0.25) is 0 Å². The van der Waals surface area contributed by atoms with Gasteiger partial charge in [-0.25, -0.2) is 0 Å². The number of para-hydroxylation sites is 1. The molecule has 0 spiro atoms. The van der Waals surface area contributed by atoms with Crippen LogP contribution in [-0.4, -0.2) is 28.2 Å². The second kappa shape index (κ2) is 10.8. The number of rotatable bonds is 2. The Kier molecular flexibility index (Phi) is 8.59. The Bertz CT molecular complexity index is 1430. The Balaban J connectivity index is 0.000000271. The molecule has 0 unspecified atom stereocenters. The molecule has 0 bridgehead atoms. The van der Waals surface area contributed by atoms with Gasteiger partial charge in [0, 0.05) is 32.4 Å². The topological polar surface area (TPSA) is 80.4 Å². The molecule has 0 saturated carbocycles. The number of hydrogen-bond acceptors (Lipinski definition) is 5. The van der Waals surface area contributed by atoms with E-state index in [0.717, 1.165) is 5.69 Å². The van der Waals surface area contributed by atoms with Crippen LogP contribution in [0.4, 0.5) is 26.3 Å². The van der Waals surface area contributed by atoms with Crippen LogP contribution in [0.1, 0.15) is 0 Å². The molecule has 0 fully saturated rings. The molecule has 12 heteroatoms. The van der Waals surface area contributed by atoms with Crippen molar-refractivity contribution in [3.05, 3.63) is 88.9 Å². The van der Waals surface area contributed by atoms with E-state index in [-0.39, 0.29) is 25.5 Å². The third-order valence-electron chi connectivity index (χ3n) is 4.30. The SMILES string of the molecule is O=C(/C=C(\O)C(F)(F)F)C(F)(F)F.O=c1c2ccccc2oc2c(-c3ccccn3)[c-]ccc12.[Ir]. The van der Waals surface area contributed by atoms with Crippen LogP contribution < -0.4 is 5.43 Å². The minimum absolute atomic E-state index is 0. The van der Waals surface area contributed by atoms with Gasteiger partial charge in [0.2, 0.25) is 5.76 Å². The van der Waals surface area contributed by atoms with Crippen LogP contribution in [0.15, 0.2) is 81.8 Å². The quantitative estimate of drug-likeness (QED) is 0.0940. The van der Waals surface area contributed by atoms with Crippen molar-refractivity contribution in [3.63, 3.8) is 0 Å². The molecule has 2 aromatic carbocycles. The summed E-state index contributed by atoms with van der Waals surface area (Å²) in [6.45, 7) is 0. The Morgan fingerprint density at radius 2 is 1.60 bits per heavy atom. The number of fused-ring (bicyclic) bond motifs is 2. The van der Waals surface area contributed by atoms with Gasteiger partial charge >= 0.3 is 12.4 Å². The molecule has 0 atom stereocenters. The summed E-state index contributed by atoms with van der Waals surface area (Å²) >= 11 is 0. The first-order valence-corrected chi connectivity index (χ1v) is 9.26. The summed E-state index contributed by atoms with van der Waals surface area (Å²) in [7, 11) is 0. The van der Waals surface area contributed by atoms with Gasteiger partial charge in [0.25, 0.3) is 5.78 Å². The molecule has 5 nitrogen and oxygen atoms in total. The third-order valence-corrected chi connectivity index (χ3v) is 4.30. The average Bonchev–Trinajstić information content (AvgIpc) is 2.79. The predicted octanol–water partition coefficient (Wildman–Crippen LogP) is 5.93. The van der Waals surface area contributed by atoms with E-state index >= 15 is 0 Å². The molecule has 1 radical (unpaired) electrons. The smallest absolute Gasteiger partial charge is 0.454 e. The number of alkyl halides is 6. The van der Waals surface area contributed by atoms with Crippen molar-refractivity contribution < 1.29 is 60.8 Å². The molecule has 35 heavy (non-hydrogen) atoms. The van der Waals surface area contributed by atoms with E-state index in [1.165, 1.54) is 0 Å². The number of benzene rings is 2. The number of aromatic nitrogens is 1. The monoisotopic (exact) mass is 673 g/mol. The summed E-state index contributed by atoms with van der Waals surface area (Å²) in [5, 5.41) is 9.07. The second-order valence-electron chi connectivity index (χ2n) is 6.63. The largest absolute Gasteiger partial charge is 0.504 e. The summed E-state index contributed by atoms with van der Waals surface area (Å²) in [6.07, 6.45) is -9.97. The van der Waals surface area contributed by atoms with Crippen molar-refractivity contribution in [1.82, 2.24) is 4.98 Å². The standard InChI is InChI=1S/C18H10NO2.C5H2F6O2.Ir/c20-17-13-6-1-2-10-16(13)21-18-12(7-5-8-14(17)18)15-9-3-4-11-19-15;6-4(7,8)2(12)1-3(13)5(9,10)11;/h1-6,8-11H;1,12H;/q-1;;/b;2-1-;. The molecule has 4 rings (SSSR count). The van der Waals surface area contributed by atoms with Crippen molar-refractivity contribution in [2.24, 2.45) is 0 Å². The molecule has 1 N–H and O–H groups in total. The molecule has 2 heterocycles. The van der Waals surface area contributed by atoms with E-state index in [1.807, 2.05) is 30.3 Å². The first-order valence-electron chi connectivity index (χ1n) is 9.26. The number of halogens is 6. The van der Waals surface area contributed by atoms with Crippen LogP contribution in [0.25, 0.3) is 33.2 Å². The first kappa shape index (κ1) is 27.7. The molecule has 0 amide bonds. The third kappa shape index (κ3) is 6.55. The molecular weight excluding hydrogens is 660 g/mol. The molecule has 4 aromatic rings. The number of nitrogens with zero attached hydrogens (tertiary/aromatic N) is 1. The normalized spacial score (nSPS) is 12.0. The zero-order valence-corrected chi connectivity index (χ0v) is 19.5. The number of allylic oxidation sites excluding steroid dienone is 2. The molecule has 0 saturated heterocycles. The summed E-state index contributed by atoms with van der Waals surface area (Å²) < 4.78 is 74.0. The number of carbonyl (C=O) groups is 1. The van der Waals surface area contributed by atoms with Crippen molar-refractivity contribution in [3.8, 4) is 11.3 Å². The molecule has 2 aromatic heterocycles.